The number of nitrogens with one attached hydrogen (secondary N) is 1. The number of para-hydroxylation sites is 1. The van der Waals surface area contributed by atoms with Crippen LogP contribution in [0.5, 0.6) is 0 Å². The highest BCUT2D eigenvalue weighted by molar-refractivity contribution is 6.12. The first-order chi connectivity index (χ1) is 15.0. The SMILES string of the molecule is CC(C)n1c2ccccc2c2c1cc(C(=O)Nc1cccnc1)n2C.O=C(O)C(F)(F)F. The van der Waals surface area contributed by atoms with Crippen molar-refractivity contribution in [1.29, 1.82) is 0 Å². The molecule has 0 aliphatic heterocycles. The molecule has 0 saturated heterocycles. The maximum Gasteiger partial charge on any atom is 0.490 e. The third-order valence-electron chi connectivity index (χ3n) is 4.80. The molecule has 2 N–H and O–H groups in total. The van der Waals surface area contributed by atoms with Gasteiger partial charge in [-0.3, -0.25) is 9.78 Å². The lowest BCUT2D eigenvalue weighted by molar-refractivity contribution is -0.192. The highest BCUT2D eigenvalue weighted by Gasteiger charge is 2.38. The van der Waals surface area contributed by atoms with E-state index < -0.39 is 12.1 Å². The van der Waals surface area contributed by atoms with Gasteiger partial charge in [0.15, 0.2) is 0 Å². The van der Waals surface area contributed by atoms with E-state index in [2.05, 4.69) is 46.9 Å². The lowest BCUT2D eigenvalue weighted by Gasteiger charge is -2.10. The number of nitrogens with zero attached hydrogens (tertiary/aromatic N) is 3. The first-order valence-electron chi connectivity index (χ1n) is 9.62. The van der Waals surface area contributed by atoms with Gasteiger partial charge in [0, 0.05) is 24.7 Å². The van der Waals surface area contributed by atoms with Gasteiger partial charge in [-0.1, -0.05) is 18.2 Å². The summed E-state index contributed by atoms with van der Waals surface area (Å²) < 4.78 is 36.0. The molecule has 0 spiro atoms. The normalized spacial score (nSPS) is 11.5. The van der Waals surface area contributed by atoms with E-state index in [0.29, 0.717) is 17.4 Å². The molecule has 168 valence electrons. The zero-order valence-electron chi connectivity index (χ0n) is 17.5. The number of fused-ring (bicyclic) bond motifs is 3. The van der Waals surface area contributed by atoms with Crippen LogP contribution in [0, 0.1) is 0 Å². The Morgan fingerprint density at radius 3 is 2.31 bits per heavy atom. The number of carbonyl (C=O) groups excluding carboxylic acids is 1. The summed E-state index contributed by atoms with van der Waals surface area (Å²) in [5, 5.41) is 11.2. The van der Waals surface area contributed by atoms with E-state index in [0.717, 1.165) is 16.4 Å². The number of aromatic nitrogens is 3. The lowest BCUT2D eigenvalue weighted by Crippen LogP contribution is -2.21. The second-order valence-electron chi connectivity index (χ2n) is 7.30. The molecule has 4 rings (SSSR count). The van der Waals surface area contributed by atoms with Crippen molar-refractivity contribution in [3.63, 3.8) is 0 Å². The molecule has 32 heavy (non-hydrogen) atoms. The number of aliphatic carboxylic acids is 1. The average Bonchev–Trinajstić information content (AvgIpc) is 3.23. The Kier molecular flexibility index (Phi) is 6.24. The molecule has 0 aliphatic rings. The van der Waals surface area contributed by atoms with Crippen molar-refractivity contribution in [2.75, 3.05) is 5.32 Å². The van der Waals surface area contributed by atoms with E-state index in [9.17, 15) is 18.0 Å². The molecule has 7 nitrogen and oxygen atoms in total. The number of hydrogen-bond donors (Lipinski definition) is 2. The van der Waals surface area contributed by atoms with E-state index in [-0.39, 0.29) is 5.91 Å². The molecule has 0 saturated carbocycles. The fourth-order valence-electron chi connectivity index (χ4n) is 3.51. The summed E-state index contributed by atoms with van der Waals surface area (Å²) in [6, 6.07) is 14.2. The largest absolute Gasteiger partial charge is 0.490 e. The quantitative estimate of drug-likeness (QED) is 0.464. The molecule has 1 amide bonds. The fourth-order valence-corrected chi connectivity index (χ4v) is 3.51. The molecule has 0 bridgehead atoms. The fraction of sp³-hybridized carbons (Fsp3) is 0.227. The van der Waals surface area contributed by atoms with Crippen LogP contribution in [0.2, 0.25) is 0 Å². The van der Waals surface area contributed by atoms with Crippen molar-refractivity contribution < 1.29 is 27.9 Å². The van der Waals surface area contributed by atoms with Crippen molar-refractivity contribution in [3.8, 4) is 0 Å². The zero-order chi connectivity index (χ0) is 23.6. The zero-order valence-corrected chi connectivity index (χ0v) is 17.5. The van der Waals surface area contributed by atoms with Gasteiger partial charge in [0.1, 0.15) is 5.69 Å². The first kappa shape index (κ1) is 22.9. The minimum absolute atomic E-state index is 0.133. The van der Waals surface area contributed by atoms with Crippen LogP contribution in [0.4, 0.5) is 18.9 Å². The van der Waals surface area contributed by atoms with Crippen LogP contribution < -0.4 is 5.32 Å². The number of benzene rings is 1. The summed E-state index contributed by atoms with van der Waals surface area (Å²) in [6.07, 6.45) is -1.76. The molecule has 3 aromatic heterocycles. The predicted octanol–water partition coefficient (Wildman–Crippen LogP) is 4.99. The topological polar surface area (TPSA) is 89.2 Å². The molecule has 4 aromatic rings. The second-order valence-corrected chi connectivity index (χ2v) is 7.30. The molecule has 0 radical (unpaired) electrons. The number of carboxylic acid groups (broad SMARTS) is 1. The van der Waals surface area contributed by atoms with Crippen molar-refractivity contribution in [1.82, 2.24) is 14.1 Å². The van der Waals surface area contributed by atoms with Crippen molar-refractivity contribution >= 4 is 39.5 Å². The highest BCUT2D eigenvalue weighted by atomic mass is 19.4. The van der Waals surface area contributed by atoms with Crippen LogP contribution in [0.15, 0.2) is 54.9 Å². The van der Waals surface area contributed by atoms with Gasteiger partial charge in [-0.25, -0.2) is 4.79 Å². The highest BCUT2D eigenvalue weighted by Crippen LogP contribution is 2.33. The van der Waals surface area contributed by atoms with Crippen LogP contribution >= 0.6 is 0 Å². The number of carboxylic acids is 1. The third-order valence-corrected chi connectivity index (χ3v) is 4.80. The van der Waals surface area contributed by atoms with Crippen molar-refractivity contribution in [2.24, 2.45) is 7.05 Å². The number of halogens is 3. The number of pyridine rings is 1. The van der Waals surface area contributed by atoms with Crippen molar-refractivity contribution in [3.05, 3.63) is 60.6 Å². The maximum absolute atomic E-state index is 12.8. The minimum Gasteiger partial charge on any atom is -0.475 e. The Labute approximate surface area is 181 Å². The molecule has 0 aliphatic carbocycles. The number of alkyl halides is 3. The Morgan fingerprint density at radius 2 is 1.75 bits per heavy atom. The lowest BCUT2D eigenvalue weighted by atomic mass is 10.2. The van der Waals surface area contributed by atoms with E-state index in [4.69, 9.17) is 9.90 Å². The van der Waals surface area contributed by atoms with Gasteiger partial charge >= 0.3 is 12.1 Å². The molecule has 0 unspecified atom stereocenters. The van der Waals surface area contributed by atoms with E-state index in [1.54, 1.807) is 18.5 Å². The second kappa shape index (κ2) is 8.74. The number of rotatable bonds is 3. The number of aryl methyl sites for hydroxylation is 1. The van der Waals surface area contributed by atoms with E-state index in [1.165, 1.54) is 5.52 Å². The molecule has 0 fully saturated rings. The molecular weight excluding hydrogens is 425 g/mol. The number of hydrogen-bond acceptors (Lipinski definition) is 3. The number of carbonyl (C=O) groups is 2. The van der Waals surface area contributed by atoms with Crippen LogP contribution in [-0.2, 0) is 11.8 Å². The van der Waals surface area contributed by atoms with Gasteiger partial charge in [0.2, 0.25) is 0 Å². The molecule has 3 heterocycles. The number of anilines is 1. The van der Waals surface area contributed by atoms with Crippen molar-refractivity contribution in [2.45, 2.75) is 26.1 Å². The summed E-state index contributed by atoms with van der Waals surface area (Å²) in [4.78, 5) is 25.7. The Hall–Kier alpha value is -3.82. The van der Waals surface area contributed by atoms with Crippen LogP contribution in [-0.4, -0.2) is 37.3 Å². The molecular formula is C22H21F3N4O3. The summed E-state index contributed by atoms with van der Waals surface area (Å²) in [7, 11) is 1.94. The number of amides is 1. The van der Waals surface area contributed by atoms with Gasteiger partial charge in [-0.2, -0.15) is 13.2 Å². The Balaban J connectivity index is 0.000000360. The summed E-state index contributed by atoms with van der Waals surface area (Å²) in [5.74, 6) is -2.89. The third kappa shape index (κ3) is 4.43. The van der Waals surface area contributed by atoms with Gasteiger partial charge in [-0.15, -0.1) is 0 Å². The van der Waals surface area contributed by atoms with Gasteiger partial charge < -0.3 is 19.6 Å². The smallest absolute Gasteiger partial charge is 0.475 e. The average molecular weight is 446 g/mol. The van der Waals surface area contributed by atoms with Crippen LogP contribution in [0.3, 0.4) is 0 Å². The predicted molar refractivity (Wildman–Crippen MR) is 115 cm³/mol. The molecule has 0 atom stereocenters. The van der Waals surface area contributed by atoms with Crippen LogP contribution in [0.25, 0.3) is 21.9 Å². The molecule has 1 aromatic carbocycles. The molecule has 10 heteroatoms. The van der Waals surface area contributed by atoms with Gasteiger partial charge in [-0.05, 0) is 38.1 Å². The van der Waals surface area contributed by atoms with Gasteiger partial charge in [0.25, 0.3) is 5.91 Å². The monoisotopic (exact) mass is 446 g/mol. The van der Waals surface area contributed by atoms with Crippen LogP contribution in [0.1, 0.15) is 30.4 Å². The Bertz CT molecular complexity index is 1270. The standard InChI is InChI=1S/C20H20N4O.C2HF3O2/c1-13(2)24-16-9-5-4-8-15(16)19-17(24)11-18(23(19)3)20(25)22-14-7-6-10-21-12-14;3-2(4,5)1(6)7/h4-13H,1-3H3,(H,22,25);(H,6,7). The van der Waals surface area contributed by atoms with E-state index >= 15 is 0 Å². The summed E-state index contributed by atoms with van der Waals surface area (Å²) in [5.41, 5.74) is 4.68. The summed E-state index contributed by atoms with van der Waals surface area (Å²) in [6.45, 7) is 4.32. The maximum atomic E-state index is 12.8. The van der Waals surface area contributed by atoms with E-state index in [1.807, 2.05) is 29.8 Å². The Morgan fingerprint density at radius 1 is 1.09 bits per heavy atom. The van der Waals surface area contributed by atoms with Gasteiger partial charge in [0.05, 0.1) is 28.4 Å². The summed E-state index contributed by atoms with van der Waals surface area (Å²) >= 11 is 0. The minimum atomic E-state index is -5.08. The first-order valence-corrected chi connectivity index (χ1v) is 9.62.